The molecule has 0 amide bonds. The van der Waals surface area contributed by atoms with E-state index in [1.165, 1.54) is 49.7 Å². The average Bonchev–Trinajstić information content (AvgIpc) is 3.01. The summed E-state index contributed by atoms with van der Waals surface area (Å²) in [5, 5.41) is 18.3. The zero-order valence-electron chi connectivity index (χ0n) is 19.8. The molecule has 0 spiro atoms. The van der Waals surface area contributed by atoms with Gasteiger partial charge in [0.1, 0.15) is 0 Å². The maximum absolute atomic E-state index is 10.0. The molecule has 0 aromatic heterocycles. The van der Waals surface area contributed by atoms with E-state index in [-0.39, 0.29) is 11.5 Å². The molecule has 0 saturated heterocycles. The highest BCUT2D eigenvalue weighted by Crippen LogP contribution is 2.55. The molecule has 3 atom stereocenters. The monoisotopic (exact) mass is 409 g/mol. The van der Waals surface area contributed by atoms with Crippen molar-refractivity contribution in [3.63, 3.8) is 0 Å². The van der Waals surface area contributed by atoms with E-state index in [4.69, 9.17) is 5.41 Å². The molecule has 3 rings (SSSR count). The Bertz CT molecular complexity index is 760. The summed E-state index contributed by atoms with van der Waals surface area (Å²) in [4.78, 5) is 0. The first-order valence-corrected chi connectivity index (χ1v) is 12.1. The van der Waals surface area contributed by atoms with E-state index in [9.17, 15) is 5.11 Å². The highest BCUT2D eigenvalue weighted by Gasteiger charge is 2.44. The highest BCUT2D eigenvalue weighted by molar-refractivity contribution is 5.86. The summed E-state index contributed by atoms with van der Waals surface area (Å²) in [6, 6.07) is 0. The summed E-state index contributed by atoms with van der Waals surface area (Å²) in [7, 11) is 0. The number of fused-ring (bicyclic) bond motifs is 1. The number of hydrogen-bond donors (Lipinski definition) is 2. The number of aliphatic hydroxyl groups is 1. The molecule has 3 unspecified atom stereocenters. The maximum atomic E-state index is 10.0. The first-order chi connectivity index (χ1) is 14.1. The van der Waals surface area contributed by atoms with E-state index >= 15 is 0 Å². The molecule has 0 bridgehead atoms. The zero-order valence-corrected chi connectivity index (χ0v) is 19.8. The molecule has 2 fully saturated rings. The van der Waals surface area contributed by atoms with Gasteiger partial charge in [-0.2, -0.15) is 0 Å². The molecular formula is C28H43NO. The third-order valence-corrected chi connectivity index (χ3v) is 7.93. The Labute approximate surface area is 184 Å². The standard InChI is InChI=1S/C28H43NO/c1-20-12-16-24(30)19-22(20)14-13-21-9-8-18-28(5)23(15-17-25(21)28)10-6-7-11-26(29)27(2,3)4/h13-15,24-25,29-30H,1,6-12,16-19H2,2-5H3/b21-13+,22-14-,29-26?. The van der Waals surface area contributed by atoms with E-state index in [0.29, 0.717) is 11.3 Å². The number of aliphatic hydroxyl groups excluding tert-OH is 1. The van der Waals surface area contributed by atoms with Crippen LogP contribution in [0.5, 0.6) is 0 Å². The predicted molar refractivity (Wildman–Crippen MR) is 129 cm³/mol. The number of hydrogen-bond acceptors (Lipinski definition) is 2. The van der Waals surface area contributed by atoms with Gasteiger partial charge in [0.2, 0.25) is 0 Å². The molecule has 0 radical (unpaired) electrons. The Morgan fingerprint density at radius 2 is 2.03 bits per heavy atom. The second-order valence-corrected chi connectivity index (χ2v) is 11.2. The number of nitrogens with one attached hydrogen (secondary N) is 1. The largest absolute Gasteiger partial charge is 0.393 e. The zero-order chi connectivity index (χ0) is 21.9. The lowest BCUT2D eigenvalue weighted by Crippen LogP contribution is -2.30. The molecule has 166 valence electrons. The van der Waals surface area contributed by atoms with Gasteiger partial charge in [-0.1, -0.05) is 69.2 Å². The topological polar surface area (TPSA) is 44.1 Å². The van der Waals surface area contributed by atoms with E-state index in [1.54, 1.807) is 11.1 Å². The minimum atomic E-state index is -0.198. The Balaban J connectivity index is 1.60. The molecule has 3 aliphatic carbocycles. The van der Waals surface area contributed by atoms with Crippen molar-refractivity contribution in [2.75, 3.05) is 0 Å². The predicted octanol–water partition coefficient (Wildman–Crippen LogP) is 7.70. The summed E-state index contributed by atoms with van der Waals surface area (Å²) in [5.41, 5.74) is 6.96. The van der Waals surface area contributed by atoms with Crippen LogP contribution in [0.2, 0.25) is 0 Å². The van der Waals surface area contributed by atoms with E-state index in [2.05, 4.69) is 52.5 Å². The van der Waals surface area contributed by atoms with Gasteiger partial charge < -0.3 is 10.5 Å². The van der Waals surface area contributed by atoms with Gasteiger partial charge >= 0.3 is 0 Å². The summed E-state index contributed by atoms with van der Waals surface area (Å²) < 4.78 is 0. The van der Waals surface area contributed by atoms with Gasteiger partial charge in [0.15, 0.2) is 0 Å². The van der Waals surface area contributed by atoms with Crippen molar-refractivity contribution in [2.24, 2.45) is 16.7 Å². The number of rotatable bonds is 6. The van der Waals surface area contributed by atoms with Crippen LogP contribution in [-0.4, -0.2) is 16.9 Å². The van der Waals surface area contributed by atoms with Crippen molar-refractivity contribution in [2.45, 2.75) is 104 Å². The molecule has 2 heteroatoms. The Morgan fingerprint density at radius 1 is 1.27 bits per heavy atom. The molecule has 0 heterocycles. The van der Waals surface area contributed by atoms with Crippen LogP contribution in [0.1, 0.15) is 98.3 Å². The maximum Gasteiger partial charge on any atom is 0.0583 e. The van der Waals surface area contributed by atoms with Gasteiger partial charge in [-0.25, -0.2) is 0 Å². The van der Waals surface area contributed by atoms with Crippen LogP contribution >= 0.6 is 0 Å². The van der Waals surface area contributed by atoms with Gasteiger partial charge in [0.05, 0.1) is 6.10 Å². The van der Waals surface area contributed by atoms with Crippen molar-refractivity contribution in [3.05, 3.63) is 47.1 Å². The molecule has 2 nitrogen and oxygen atoms in total. The van der Waals surface area contributed by atoms with Crippen LogP contribution in [0.4, 0.5) is 0 Å². The second-order valence-electron chi connectivity index (χ2n) is 11.2. The van der Waals surface area contributed by atoms with Crippen LogP contribution < -0.4 is 0 Å². The number of unbranched alkanes of at least 4 members (excludes halogenated alkanes) is 1. The highest BCUT2D eigenvalue weighted by atomic mass is 16.3. The Morgan fingerprint density at radius 3 is 2.77 bits per heavy atom. The van der Waals surface area contributed by atoms with Gasteiger partial charge in [-0.15, -0.1) is 0 Å². The quantitative estimate of drug-likeness (QED) is 0.263. The summed E-state index contributed by atoms with van der Waals surface area (Å²) in [6.45, 7) is 13.2. The molecule has 3 aliphatic rings. The first-order valence-electron chi connectivity index (χ1n) is 12.1. The normalized spacial score (nSPS) is 32.4. The lowest BCUT2D eigenvalue weighted by molar-refractivity contribution is 0.158. The molecule has 30 heavy (non-hydrogen) atoms. The van der Waals surface area contributed by atoms with Gasteiger partial charge in [-0.3, -0.25) is 0 Å². The van der Waals surface area contributed by atoms with Crippen LogP contribution in [-0.2, 0) is 0 Å². The van der Waals surface area contributed by atoms with Crippen LogP contribution in [0.25, 0.3) is 0 Å². The fourth-order valence-corrected chi connectivity index (χ4v) is 5.68. The van der Waals surface area contributed by atoms with Crippen molar-refractivity contribution in [1.82, 2.24) is 0 Å². The van der Waals surface area contributed by atoms with Crippen molar-refractivity contribution >= 4 is 5.71 Å². The average molecular weight is 410 g/mol. The second kappa shape index (κ2) is 9.39. The lowest BCUT2D eigenvalue weighted by atomic mass is 9.63. The Hall–Kier alpha value is -1.41. The molecule has 2 N–H and O–H groups in total. The van der Waals surface area contributed by atoms with E-state index in [1.807, 2.05) is 0 Å². The van der Waals surface area contributed by atoms with Gasteiger partial charge in [0, 0.05) is 5.71 Å². The number of allylic oxidation sites excluding steroid dienone is 6. The minimum Gasteiger partial charge on any atom is -0.393 e. The van der Waals surface area contributed by atoms with Crippen LogP contribution in [0.3, 0.4) is 0 Å². The Kier molecular flexibility index (Phi) is 7.28. The van der Waals surface area contributed by atoms with Crippen LogP contribution in [0, 0.1) is 22.2 Å². The third kappa shape index (κ3) is 5.25. The van der Waals surface area contributed by atoms with E-state index in [0.717, 1.165) is 37.8 Å². The summed E-state index contributed by atoms with van der Waals surface area (Å²) in [5.74, 6) is 0.646. The SMILES string of the molecule is C=C1CCC(O)C/C1=C/C=C1\CCCC2(C)C(CCCCC(=N)C(C)(C)C)=CCC12. The minimum absolute atomic E-state index is 0.0148. The molecule has 0 aliphatic heterocycles. The fourth-order valence-electron chi connectivity index (χ4n) is 5.68. The van der Waals surface area contributed by atoms with E-state index < -0.39 is 0 Å². The fraction of sp³-hybridized carbons (Fsp3) is 0.679. The molecule has 2 saturated carbocycles. The van der Waals surface area contributed by atoms with Gasteiger partial charge in [0.25, 0.3) is 0 Å². The first kappa shape index (κ1) is 23.3. The van der Waals surface area contributed by atoms with Crippen LogP contribution in [0.15, 0.2) is 47.1 Å². The molecular weight excluding hydrogens is 366 g/mol. The third-order valence-electron chi connectivity index (χ3n) is 7.93. The van der Waals surface area contributed by atoms with Crippen molar-refractivity contribution in [1.29, 1.82) is 5.41 Å². The van der Waals surface area contributed by atoms with Crippen molar-refractivity contribution in [3.8, 4) is 0 Å². The lowest BCUT2D eigenvalue weighted by Gasteiger charge is -2.41. The summed E-state index contributed by atoms with van der Waals surface area (Å²) >= 11 is 0. The molecule has 0 aromatic rings. The van der Waals surface area contributed by atoms with Crippen molar-refractivity contribution < 1.29 is 5.11 Å². The molecule has 0 aromatic carbocycles. The summed E-state index contributed by atoms with van der Waals surface area (Å²) in [6.07, 6.45) is 19.0. The smallest absolute Gasteiger partial charge is 0.0583 e. The van der Waals surface area contributed by atoms with Gasteiger partial charge in [-0.05, 0) is 93.0 Å².